The molecule has 6 N–H and O–H groups in total. The highest BCUT2D eigenvalue weighted by Gasteiger charge is 2.50. The minimum atomic E-state index is -1.90. The van der Waals surface area contributed by atoms with Crippen molar-refractivity contribution in [2.45, 2.75) is 44.2 Å². The fourth-order valence-corrected chi connectivity index (χ4v) is 2.87. The van der Waals surface area contributed by atoms with E-state index in [0.717, 1.165) is 11.3 Å². The Bertz CT molecular complexity index is 474. The smallest absolute Gasteiger partial charge is 0.337 e. The number of ketones is 1. The topological polar surface area (TPSA) is 149 Å². The lowest BCUT2D eigenvalue weighted by Gasteiger charge is -2.37. The number of guanidine groups is 1. The molecule has 2 atom stereocenters. The summed E-state index contributed by atoms with van der Waals surface area (Å²) >= 11 is 0. The van der Waals surface area contributed by atoms with Crippen LogP contribution in [-0.4, -0.2) is 65.3 Å². The molecule has 0 aromatic rings. The summed E-state index contributed by atoms with van der Waals surface area (Å²) < 4.78 is 0. The maximum Gasteiger partial charge on any atom is 0.337 e. The van der Waals surface area contributed by atoms with Gasteiger partial charge < -0.3 is 26.4 Å². The molecule has 0 spiro atoms. The van der Waals surface area contributed by atoms with E-state index in [-0.39, 0.29) is 31.3 Å². The third-order valence-corrected chi connectivity index (χ3v) is 4.23. The lowest BCUT2D eigenvalue weighted by Crippen LogP contribution is -2.62. The van der Waals surface area contributed by atoms with Gasteiger partial charge in [0.15, 0.2) is 17.3 Å². The van der Waals surface area contributed by atoms with Crippen LogP contribution in [0.5, 0.6) is 0 Å². The molecule has 2 unspecified atom stereocenters. The number of nitrogens with one attached hydrogen (secondary N) is 3. The highest BCUT2D eigenvalue weighted by atomic mass is 16.4. The summed E-state index contributed by atoms with van der Waals surface area (Å²) in [6, 6.07) is -0.451. The van der Waals surface area contributed by atoms with Gasteiger partial charge in [-0.2, -0.15) is 0 Å². The largest absolute Gasteiger partial charge is 0.479 e. The number of aliphatic carboxylic acids is 1. The zero-order chi connectivity index (χ0) is 17.6. The van der Waals surface area contributed by atoms with Crippen molar-refractivity contribution in [1.29, 1.82) is 5.41 Å². The molecule has 1 amide bonds. The zero-order valence-corrected chi connectivity index (χ0v) is 13.5. The number of nitrogens with zero attached hydrogens (tertiary/aromatic N) is 1. The average Bonchev–Trinajstić information content (AvgIpc) is 2.99. The fraction of sp³-hybridized carbons (Fsp3) is 0.714. The Morgan fingerprint density at radius 1 is 1.48 bits per heavy atom. The first-order valence-electron chi connectivity index (χ1n) is 7.57. The predicted octanol–water partition coefficient (Wildman–Crippen LogP) is -1.13. The minimum Gasteiger partial charge on any atom is -0.479 e. The van der Waals surface area contributed by atoms with Crippen LogP contribution >= 0.6 is 0 Å². The highest BCUT2D eigenvalue weighted by Crippen LogP contribution is 2.25. The molecule has 1 saturated heterocycles. The van der Waals surface area contributed by atoms with Crippen LogP contribution in [0.25, 0.3) is 0 Å². The molecule has 0 radical (unpaired) electrons. The van der Waals surface area contributed by atoms with E-state index in [4.69, 9.17) is 11.1 Å². The molecule has 0 aromatic heterocycles. The maximum absolute atomic E-state index is 12.5. The molecule has 1 aliphatic rings. The molecule has 0 saturated carbocycles. The van der Waals surface area contributed by atoms with Gasteiger partial charge in [0.2, 0.25) is 5.91 Å². The van der Waals surface area contributed by atoms with Crippen LogP contribution in [-0.2, 0) is 14.4 Å². The van der Waals surface area contributed by atoms with Crippen molar-refractivity contribution in [3.8, 4) is 0 Å². The summed E-state index contributed by atoms with van der Waals surface area (Å²) in [7, 11) is 1.36. The number of hydrogen-bond acceptors (Lipinski definition) is 5. The van der Waals surface area contributed by atoms with Crippen molar-refractivity contribution in [3.05, 3.63) is 0 Å². The van der Waals surface area contributed by atoms with Gasteiger partial charge in [-0.3, -0.25) is 15.0 Å². The van der Waals surface area contributed by atoms with Crippen LogP contribution in [0.3, 0.4) is 0 Å². The molecule has 130 valence electrons. The number of amides is 1. The minimum absolute atomic E-state index is 0.0487. The number of rotatable bonds is 8. The third-order valence-electron chi connectivity index (χ3n) is 4.23. The first-order chi connectivity index (χ1) is 10.7. The van der Waals surface area contributed by atoms with E-state index in [1.807, 2.05) is 0 Å². The van der Waals surface area contributed by atoms with Crippen LogP contribution in [0.15, 0.2) is 0 Å². The standard InChI is InChI=1S/C14H25N5O4/c1-9(20)14(12(22)23,6-4-8-18-13(15)16)19(2)11(21)10-5-3-7-17-10/h10,17H,3-8H2,1-2H3,(H,22,23)(H4,15,16,18). The third kappa shape index (κ3) is 4.19. The van der Waals surface area contributed by atoms with E-state index in [0.29, 0.717) is 13.0 Å². The van der Waals surface area contributed by atoms with E-state index in [1.54, 1.807) is 0 Å². The molecule has 1 rings (SSSR count). The lowest BCUT2D eigenvalue weighted by molar-refractivity contribution is -0.163. The first kappa shape index (κ1) is 18.9. The van der Waals surface area contributed by atoms with Gasteiger partial charge in [-0.25, -0.2) is 4.79 Å². The SMILES string of the molecule is CC(=O)C(CCCNC(=N)N)(C(=O)O)N(C)C(=O)C1CCCN1. The van der Waals surface area contributed by atoms with Gasteiger partial charge in [-0.15, -0.1) is 0 Å². The van der Waals surface area contributed by atoms with Crippen molar-refractivity contribution in [3.63, 3.8) is 0 Å². The molecular weight excluding hydrogens is 302 g/mol. The van der Waals surface area contributed by atoms with Crippen LogP contribution in [0, 0.1) is 5.41 Å². The number of carboxylic acids is 1. The fourth-order valence-electron chi connectivity index (χ4n) is 2.87. The highest BCUT2D eigenvalue weighted by molar-refractivity contribution is 6.09. The number of likely N-dealkylation sites (N-methyl/N-ethyl adjacent to an activating group) is 1. The monoisotopic (exact) mass is 327 g/mol. The Morgan fingerprint density at radius 3 is 2.57 bits per heavy atom. The number of nitrogens with two attached hydrogens (primary N) is 1. The first-order valence-corrected chi connectivity index (χ1v) is 7.57. The van der Waals surface area contributed by atoms with Crippen LogP contribution in [0.1, 0.15) is 32.6 Å². The van der Waals surface area contributed by atoms with Crippen molar-refractivity contribution in [2.24, 2.45) is 5.73 Å². The zero-order valence-electron chi connectivity index (χ0n) is 13.5. The summed E-state index contributed by atoms with van der Waals surface area (Å²) in [6.07, 6.45) is 1.70. The number of Topliss-reactive ketones (excluding diaryl/α,β-unsaturated/α-hetero) is 1. The second-order valence-corrected chi connectivity index (χ2v) is 5.71. The number of carbonyl (C=O) groups is 3. The Hall–Kier alpha value is -2.16. The summed E-state index contributed by atoms with van der Waals surface area (Å²) in [5.74, 6) is -2.56. The summed E-state index contributed by atoms with van der Waals surface area (Å²) in [5.41, 5.74) is 3.27. The van der Waals surface area contributed by atoms with E-state index < -0.39 is 23.3 Å². The second kappa shape index (κ2) is 7.91. The Balaban J connectivity index is 2.92. The molecule has 23 heavy (non-hydrogen) atoms. The quantitative estimate of drug-likeness (QED) is 0.164. The van der Waals surface area contributed by atoms with E-state index in [9.17, 15) is 19.5 Å². The summed E-state index contributed by atoms with van der Waals surface area (Å²) in [4.78, 5) is 37.5. The van der Waals surface area contributed by atoms with Gasteiger partial charge in [0.25, 0.3) is 0 Å². The number of carbonyl (C=O) groups excluding carboxylic acids is 2. The van der Waals surface area contributed by atoms with Crippen molar-refractivity contribution >= 4 is 23.6 Å². The normalized spacial score (nSPS) is 19.7. The van der Waals surface area contributed by atoms with Crippen molar-refractivity contribution in [1.82, 2.24) is 15.5 Å². The Morgan fingerprint density at radius 2 is 2.13 bits per heavy atom. The van der Waals surface area contributed by atoms with Crippen molar-refractivity contribution < 1.29 is 19.5 Å². The molecule has 1 fully saturated rings. The Labute approximate surface area is 135 Å². The summed E-state index contributed by atoms with van der Waals surface area (Å²) in [6.45, 7) is 2.13. The molecule has 1 aliphatic heterocycles. The van der Waals surface area contributed by atoms with Crippen molar-refractivity contribution in [2.75, 3.05) is 20.1 Å². The summed E-state index contributed by atoms with van der Waals surface area (Å²) in [5, 5.41) is 22.3. The van der Waals surface area contributed by atoms with Gasteiger partial charge in [0, 0.05) is 13.6 Å². The van der Waals surface area contributed by atoms with E-state index in [1.165, 1.54) is 14.0 Å². The van der Waals surface area contributed by atoms with Gasteiger partial charge >= 0.3 is 5.97 Å². The number of hydrogen-bond donors (Lipinski definition) is 5. The van der Waals surface area contributed by atoms with Crippen LogP contribution < -0.4 is 16.4 Å². The van der Waals surface area contributed by atoms with Crippen LogP contribution in [0.4, 0.5) is 0 Å². The predicted molar refractivity (Wildman–Crippen MR) is 84.0 cm³/mol. The molecule has 0 aliphatic carbocycles. The Kier molecular flexibility index (Phi) is 6.49. The molecule has 9 heteroatoms. The molecule has 0 bridgehead atoms. The van der Waals surface area contributed by atoms with Gasteiger partial charge in [0.1, 0.15) is 0 Å². The van der Waals surface area contributed by atoms with E-state index >= 15 is 0 Å². The average molecular weight is 327 g/mol. The van der Waals surface area contributed by atoms with Gasteiger partial charge in [-0.05, 0) is 39.2 Å². The maximum atomic E-state index is 12.5. The van der Waals surface area contributed by atoms with E-state index in [2.05, 4.69) is 10.6 Å². The molecule has 1 heterocycles. The lowest BCUT2D eigenvalue weighted by atomic mass is 9.86. The number of carboxylic acid groups (broad SMARTS) is 1. The molecule has 9 nitrogen and oxygen atoms in total. The van der Waals surface area contributed by atoms with Crippen LogP contribution in [0.2, 0.25) is 0 Å². The molecular formula is C14H25N5O4. The van der Waals surface area contributed by atoms with Gasteiger partial charge in [0.05, 0.1) is 6.04 Å². The molecule has 0 aromatic carbocycles. The second-order valence-electron chi connectivity index (χ2n) is 5.71. The van der Waals surface area contributed by atoms with Gasteiger partial charge in [-0.1, -0.05) is 0 Å².